The lowest BCUT2D eigenvalue weighted by molar-refractivity contribution is -0.142. The summed E-state index contributed by atoms with van der Waals surface area (Å²) in [5.74, 6) is -0.139. The Bertz CT molecular complexity index is 1570. The van der Waals surface area contributed by atoms with Gasteiger partial charge in [0.25, 0.3) is 5.91 Å². The van der Waals surface area contributed by atoms with Crippen molar-refractivity contribution >= 4 is 34.7 Å². The van der Waals surface area contributed by atoms with Gasteiger partial charge in [0.2, 0.25) is 0 Å². The number of aromatic amines is 1. The molecule has 3 saturated heterocycles. The molecule has 0 bridgehead atoms. The Morgan fingerprint density at radius 2 is 1.78 bits per heavy atom. The fourth-order valence-corrected chi connectivity index (χ4v) is 7.74. The maximum atomic E-state index is 14.1. The first-order chi connectivity index (χ1) is 21.9. The van der Waals surface area contributed by atoms with Gasteiger partial charge in [-0.3, -0.25) is 15.2 Å². The number of rotatable bonds is 5. The summed E-state index contributed by atoms with van der Waals surface area (Å²) >= 11 is 0. The van der Waals surface area contributed by atoms with E-state index in [2.05, 4.69) is 20.4 Å². The zero-order valence-electron chi connectivity index (χ0n) is 25.9. The van der Waals surface area contributed by atoms with Gasteiger partial charge < -0.3 is 24.2 Å². The number of fused-ring (bicyclic) bond motifs is 3. The maximum Gasteiger partial charge on any atom is 0.412 e. The van der Waals surface area contributed by atoms with E-state index >= 15 is 0 Å². The van der Waals surface area contributed by atoms with Gasteiger partial charge in [0, 0.05) is 62.4 Å². The fourth-order valence-electron chi connectivity index (χ4n) is 7.74. The van der Waals surface area contributed by atoms with E-state index in [1.165, 1.54) is 19.3 Å². The van der Waals surface area contributed by atoms with Crippen LogP contribution in [0.15, 0.2) is 42.6 Å². The third-order valence-electron chi connectivity index (χ3n) is 10.2. The van der Waals surface area contributed by atoms with E-state index in [0.717, 1.165) is 59.2 Å². The average Bonchev–Trinajstić information content (AvgIpc) is 3.54. The van der Waals surface area contributed by atoms with Gasteiger partial charge >= 0.3 is 12.2 Å². The maximum absolute atomic E-state index is 14.1. The number of amides is 3. The summed E-state index contributed by atoms with van der Waals surface area (Å²) in [5, 5.41) is 10.9. The number of para-hydroxylation sites is 1. The number of piperidine rings is 3. The van der Waals surface area contributed by atoms with E-state index in [1.807, 2.05) is 48.2 Å². The SMILES string of the molecule is Cc1cc(CC(OC(=O)N2CCC3(CC2)OC(=O)Nc2ccccc23)C(=O)N2CCC(N3CCCCC3)CC2)cc2cn[nH]c12. The Morgan fingerprint density at radius 1 is 1.02 bits per heavy atom. The normalized spacial score (nSPS) is 21.2. The van der Waals surface area contributed by atoms with E-state index in [0.29, 0.717) is 45.1 Å². The predicted molar refractivity (Wildman–Crippen MR) is 169 cm³/mol. The van der Waals surface area contributed by atoms with Crippen molar-refractivity contribution in [3.8, 4) is 0 Å². The summed E-state index contributed by atoms with van der Waals surface area (Å²) in [4.78, 5) is 46.2. The van der Waals surface area contributed by atoms with Crippen LogP contribution in [0.5, 0.6) is 0 Å². The van der Waals surface area contributed by atoms with Crippen molar-refractivity contribution in [3.05, 3.63) is 59.3 Å². The van der Waals surface area contributed by atoms with Gasteiger partial charge in [0.05, 0.1) is 17.4 Å². The van der Waals surface area contributed by atoms with Crippen LogP contribution < -0.4 is 5.32 Å². The van der Waals surface area contributed by atoms with Crippen molar-refractivity contribution in [2.45, 2.75) is 76.0 Å². The highest BCUT2D eigenvalue weighted by Gasteiger charge is 2.45. The molecule has 45 heavy (non-hydrogen) atoms. The molecule has 2 N–H and O–H groups in total. The third-order valence-corrected chi connectivity index (χ3v) is 10.2. The molecule has 3 aromatic rings. The lowest BCUT2D eigenvalue weighted by Gasteiger charge is -2.44. The summed E-state index contributed by atoms with van der Waals surface area (Å²) in [6, 6.07) is 12.2. The van der Waals surface area contributed by atoms with Crippen molar-refractivity contribution in [1.82, 2.24) is 24.9 Å². The molecule has 0 aliphatic carbocycles. The molecule has 1 aromatic heterocycles. The molecule has 1 spiro atoms. The zero-order chi connectivity index (χ0) is 31.0. The molecule has 11 nitrogen and oxygen atoms in total. The Hall–Kier alpha value is -4.12. The first-order valence-corrected chi connectivity index (χ1v) is 16.4. The number of benzene rings is 2. The van der Waals surface area contributed by atoms with Crippen molar-refractivity contribution in [2.75, 3.05) is 44.6 Å². The molecule has 1 atom stereocenters. The molecule has 0 radical (unpaired) electrons. The lowest BCUT2D eigenvalue weighted by atomic mass is 9.82. The summed E-state index contributed by atoms with van der Waals surface area (Å²) in [6.07, 6.45) is 6.71. The van der Waals surface area contributed by atoms with E-state index in [1.54, 1.807) is 11.1 Å². The molecule has 4 aliphatic heterocycles. The minimum atomic E-state index is -0.943. The van der Waals surface area contributed by atoms with Crippen LogP contribution in [0, 0.1) is 6.92 Å². The van der Waals surface area contributed by atoms with E-state index < -0.39 is 23.9 Å². The second-order valence-corrected chi connectivity index (χ2v) is 13.0. The quantitative estimate of drug-likeness (QED) is 0.417. The second kappa shape index (κ2) is 12.3. The van der Waals surface area contributed by atoms with Crippen LogP contribution in [0.3, 0.4) is 0 Å². The highest BCUT2D eigenvalue weighted by atomic mass is 16.6. The van der Waals surface area contributed by atoms with Crippen LogP contribution in [0.2, 0.25) is 0 Å². The smallest absolute Gasteiger partial charge is 0.412 e. The fraction of sp³-hybridized carbons (Fsp3) is 0.529. The molecule has 4 aliphatic rings. The minimum absolute atomic E-state index is 0.139. The highest BCUT2D eigenvalue weighted by Crippen LogP contribution is 2.43. The van der Waals surface area contributed by atoms with Crippen LogP contribution >= 0.6 is 0 Å². The number of H-pyrrole nitrogens is 1. The Morgan fingerprint density at radius 3 is 2.56 bits per heavy atom. The van der Waals surface area contributed by atoms with Gasteiger partial charge in [-0.25, -0.2) is 9.59 Å². The number of aromatic nitrogens is 2. The van der Waals surface area contributed by atoms with E-state index in [-0.39, 0.29) is 12.3 Å². The minimum Gasteiger partial charge on any atom is -0.438 e. The van der Waals surface area contributed by atoms with Gasteiger partial charge in [0.1, 0.15) is 5.60 Å². The standard InChI is InChI=1S/C34H42N6O5/c1-23-19-24(20-25-22-35-37-30(23)25)21-29(31(41)39-15-9-26(10-16-39)38-13-5-2-6-14-38)44-33(43)40-17-11-34(12-18-40)27-7-3-4-8-28(27)36-32(42)45-34/h3-4,7-8,19-20,22,26,29H,2,5-6,9-18,21H2,1H3,(H,35,37)(H,36,42). The lowest BCUT2D eigenvalue weighted by Crippen LogP contribution is -2.53. The third kappa shape index (κ3) is 5.97. The Kier molecular flexibility index (Phi) is 8.12. The van der Waals surface area contributed by atoms with Crippen LogP contribution in [-0.2, 0) is 26.3 Å². The zero-order valence-corrected chi connectivity index (χ0v) is 25.9. The molecule has 5 heterocycles. The van der Waals surface area contributed by atoms with Gasteiger partial charge in [-0.05, 0) is 69.0 Å². The van der Waals surface area contributed by atoms with Crippen LogP contribution in [0.1, 0.15) is 61.6 Å². The van der Waals surface area contributed by atoms with Crippen LogP contribution in [-0.4, -0.2) is 94.4 Å². The molecule has 3 amide bonds. The summed E-state index contributed by atoms with van der Waals surface area (Å²) in [5.41, 5.74) is 3.78. The number of nitrogens with zero attached hydrogens (tertiary/aromatic N) is 4. The van der Waals surface area contributed by atoms with Gasteiger partial charge in [-0.1, -0.05) is 30.7 Å². The number of hydrogen-bond acceptors (Lipinski definition) is 7. The molecule has 1 unspecified atom stereocenters. The number of carbonyl (C=O) groups is 3. The van der Waals surface area contributed by atoms with Gasteiger partial charge in [0.15, 0.2) is 6.10 Å². The molecule has 0 saturated carbocycles. The van der Waals surface area contributed by atoms with Crippen LogP contribution in [0.4, 0.5) is 15.3 Å². The number of carbonyl (C=O) groups excluding carboxylic acids is 3. The molecule has 3 fully saturated rings. The van der Waals surface area contributed by atoms with Gasteiger partial charge in [-0.15, -0.1) is 0 Å². The predicted octanol–water partition coefficient (Wildman–Crippen LogP) is 4.95. The number of ether oxygens (including phenoxy) is 2. The number of nitrogens with one attached hydrogen (secondary N) is 2. The van der Waals surface area contributed by atoms with Gasteiger partial charge in [-0.2, -0.15) is 5.10 Å². The number of likely N-dealkylation sites (tertiary alicyclic amines) is 3. The number of aryl methyl sites for hydroxylation is 1. The van der Waals surface area contributed by atoms with Crippen LogP contribution in [0.25, 0.3) is 10.9 Å². The molecule has 7 rings (SSSR count). The van der Waals surface area contributed by atoms with Crippen molar-refractivity contribution in [3.63, 3.8) is 0 Å². The summed E-state index contributed by atoms with van der Waals surface area (Å²) in [6.45, 7) is 6.33. The first-order valence-electron chi connectivity index (χ1n) is 16.4. The monoisotopic (exact) mass is 614 g/mol. The Balaban J connectivity index is 1.05. The van der Waals surface area contributed by atoms with Crippen molar-refractivity contribution < 1.29 is 23.9 Å². The molecule has 2 aromatic carbocycles. The Labute approximate surface area is 263 Å². The van der Waals surface area contributed by atoms with Crippen molar-refractivity contribution in [2.24, 2.45) is 0 Å². The topological polar surface area (TPSA) is 120 Å². The number of anilines is 1. The summed E-state index contributed by atoms with van der Waals surface area (Å²) < 4.78 is 11.9. The average molecular weight is 615 g/mol. The molecule has 238 valence electrons. The molecular formula is C34H42N6O5. The van der Waals surface area contributed by atoms with E-state index in [9.17, 15) is 14.4 Å². The first kappa shape index (κ1) is 29.6. The molecule has 11 heteroatoms. The largest absolute Gasteiger partial charge is 0.438 e. The molecular weight excluding hydrogens is 572 g/mol. The second-order valence-electron chi connectivity index (χ2n) is 13.0. The van der Waals surface area contributed by atoms with E-state index in [4.69, 9.17) is 9.47 Å². The summed E-state index contributed by atoms with van der Waals surface area (Å²) in [7, 11) is 0. The number of hydrogen-bond donors (Lipinski definition) is 2. The van der Waals surface area contributed by atoms with Crippen molar-refractivity contribution in [1.29, 1.82) is 0 Å². The highest BCUT2D eigenvalue weighted by molar-refractivity contribution is 5.89.